The predicted octanol–water partition coefficient (Wildman–Crippen LogP) is 11.7. The third-order valence-electron chi connectivity index (χ3n) is 8.10. The first kappa shape index (κ1) is 29.3. The van der Waals surface area contributed by atoms with Crippen LogP contribution in [-0.2, 0) is 26.5 Å². The standard InChI is InChI=1S/C32H26NO.C12H10N.Ir/c1-32(2,3)20-21-16-17-33-28(18-21)23-9-6-8-22(19-23)24-11-7-12-26-25(24)14-15-30-31(26)27-10-4-5-13-29(27)34-30;1-10-7-8-12(13-9-10)11-5-3-2-4-6-11;/h4-8,10-19H,20H2,1-3H3;2-5,7-9H,1H3;/q2*-1;/i;1D3;. The molecule has 0 amide bonds. The van der Waals surface area contributed by atoms with Crippen molar-refractivity contribution in [2.75, 3.05) is 0 Å². The molecule has 0 saturated heterocycles. The zero-order valence-electron chi connectivity index (χ0n) is 30.0. The van der Waals surface area contributed by atoms with E-state index >= 15 is 0 Å². The maximum atomic E-state index is 7.23. The summed E-state index contributed by atoms with van der Waals surface area (Å²) in [6.45, 7) is 4.70. The van der Waals surface area contributed by atoms with Gasteiger partial charge in [0.25, 0.3) is 0 Å². The van der Waals surface area contributed by atoms with Crippen molar-refractivity contribution in [2.45, 2.75) is 34.0 Å². The van der Waals surface area contributed by atoms with Crippen molar-refractivity contribution in [3.63, 3.8) is 0 Å². The first-order valence-electron chi connectivity index (χ1n) is 17.3. The van der Waals surface area contributed by atoms with E-state index in [0.29, 0.717) is 0 Å². The summed E-state index contributed by atoms with van der Waals surface area (Å²) in [5.41, 5.74) is 9.57. The molecule has 8 rings (SSSR count). The fourth-order valence-corrected chi connectivity index (χ4v) is 6.06. The Balaban J connectivity index is 0.000000222. The quantitative estimate of drug-likeness (QED) is 0.166. The molecule has 5 aromatic carbocycles. The third-order valence-corrected chi connectivity index (χ3v) is 8.10. The van der Waals surface area contributed by atoms with Gasteiger partial charge in [-0.25, -0.2) is 0 Å². The molecule has 0 saturated carbocycles. The van der Waals surface area contributed by atoms with E-state index in [2.05, 4.69) is 110 Å². The van der Waals surface area contributed by atoms with E-state index in [0.717, 1.165) is 51.1 Å². The first-order valence-corrected chi connectivity index (χ1v) is 15.8. The van der Waals surface area contributed by atoms with Crippen molar-refractivity contribution in [3.8, 4) is 33.6 Å². The molecule has 0 aliphatic carbocycles. The Bertz CT molecular complexity index is 2430. The Morgan fingerprint density at radius 1 is 0.688 bits per heavy atom. The van der Waals surface area contributed by atoms with Crippen molar-refractivity contribution in [2.24, 2.45) is 5.41 Å². The molecular weight excluding hydrogens is 765 g/mol. The van der Waals surface area contributed by atoms with Crippen molar-refractivity contribution in [1.82, 2.24) is 9.97 Å². The summed E-state index contributed by atoms with van der Waals surface area (Å²) in [6.07, 6.45) is 4.32. The van der Waals surface area contributed by atoms with Gasteiger partial charge in [0.05, 0.1) is 0 Å². The molecule has 0 atom stereocenters. The van der Waals surface area contributed by atoms with Gasteiger partial charge in [0.15, 0.2) is 0 Å². The molecular formula is C44H36IrN2O-2. The average Bonchev–Trinajstić information content (AvgIpc) is 3.51. The van der Waals surface area contributed by atoms with Crippen LogP contribution in [0, 0.1) is 24.4 Å². The Labute approximate surface area is 300 Å². The fraction of sp³-hybridized carbons (Fsp3) is 0.136. The van der Waals surface area contributed by atoms with Crippen LogP contribution in [0.25, 0.3) is 66.4 Å². The minimum Gasteiger partial charge on any atom is -0.456 e. The van der Waals surface area contributed by atoms with Crippen LogP contribution in [0.5, 0.6) is 0 Å². The van der Waals surface area contributed by atoms with Crippen LogP contribution in [0.3, 0.4) is 0 Å². The summed E-state index contributed by atoms with van der Waals surface area (Å²) < 4.78 is 27.8. The minimum atomic E-state index is -2.09. The van der Waals surface area contributed by atoms with Gasteiger partial charge in [-0.2, -0.15) is 0 Å². The predicted molar refractivity (Wildman–Crippen MR) is 195 cm³/mol. The van der Waals surface area contributed by atoms with Crippen LogP contribution in [0.4, 0.5) is 0 Å². The zero-order valence-corrected chi connectivity index (χ0v) is 29.4. The number of fused-ring (bicyclic) bond motifs is 5. The average molecular weight is 804 g/mol. The van der Waals surface area contributed by atoms with E-state index in [9.17, 15) is 0 Å². The van der Waals surface area contributed by atoms with Gasteiger partial charge in [-0.05, 0) is 70.2 Å². The third kappa shape index (κ3) is 7.16. The molecule has 0 spiro atoms. The van der Waals surface area contributed by atoms with Gasteiger partial charge in [0, 0.05) is 47.4 Å². The molecule has 0 unspecified atom stereocenters. The van der Waals surface area contributed by atoms with Gasteiger partial charge in [0.2, 0.25) is 0 Å². The molecule has 0 N–H and O–H groups in total. The molecule has 3 aromatic heterocycles. The van der Waals surface area contributed by atoms with E-state index in [4.69, 9.17) is 8.53 Å². The summed E-state index contributed by atoms with van der Waals surface area (Å²) in [4.78, 5) is 8.79. The van der Waals surface area contributed by atoms with Crippen LogP contribution >= 0.6 is 0 Å². The topological polar surface area (TPSA) is 38.9 Å². The molecule has 0 bridgehead atoms. The second-order valence-electron chi connectivity index (χ2n) is 12.9. The summed E-state index contributed by atoms with van der Waals surface area (Å²) in [6, 6.07) is 46.9. The normalized spacial score (nSPS) is 12.4. The molecule has 1 radical (unpaired) electrons. The van der Waals surface area contributed by atoms with Crippen LogP contribution < -0.4 is 0 Å². The van der Waals surface area contributed by atoms with Gasteiger partial charge in [0.1, 0.15) is 11.2 Å². The van der Waals surface area contributed by atoms with E-state index in [1.807, 2.05) is 42.6 Å². The van der Waals surface area contributed by atoms with Crippen molar-refractivity contribution >= 4 is 32.7 Å². The summed E-state index contributed by atoms with van der Waals surface area (Å²) in [5, 5.41) is 4.75. The monoisotopic (exact) mass is 804 g/mol. The molecule has 0 aliphatic heterocycles. The number of para-hydroxylation sites is 1. The molecule has 3 nitrogen and oxygen atoms in total. The van der Waals surface area contributed by atoms with Gasteiger partial charge in [-0.3, -0.25) is 0 Å². The Morgan fingerprint density at radius 3 is 2.31 bits per heavy atom. The molecule has 8 aromatic rings. The SMILES string of the molecule is CC(C)(C)Cc1ccnc(-c2[c-]ccc(-c3cccc4c3ccc3oc5ccccc5c34)c2)c1.[2H]C([2H])([2H])c1ccc(-c2[c-]cccc2)nc1.[Ir]. The Kier molecular flexibility index (Phi) is 8.58. The molecule has 4 heteroatoms. The molecule has 3 heterocycles. The number of hydrogen-bond donors (Lipinski definition) is 0. The maximum absolute atomic E-state index is 7.23. The summed E-state index contributed by atoms with van der Waals surface area (Å²) >= 11 is 0. The second kappa shape index (κ2) is 14.1. The molecule has 239 valence electrons. The number of benzene rings is 5. The van der Waals surface area contributed by atoms with E-state index in [-0.39, 0.29) is 31.1 Å². The van der Waals surface area contributed by atoms with Crippen molar-refractivity contribution < 1.29 is 28.6 Å². The van der Waals surface area contributed by atoms with E-state index in [1.165, 1.54) is 33.5 Å². The Morgan fingerprint density at radius 2 is 1.52 bits per heavy atom. The smallest absolute Gasteiger partial charge is 0.136 e. The number of furan rings is 1. The number of aromatic nitrogens is 2. The van der Waals surface area contributed by atoms with Crippen LogP contribution in [0.15, 0.2) is 138 Å². The van der Waals surface area contributed by atoms with E-state index in [1.54, 1.807) is 18.2 Å². The first-order chi connectivity index (χ1) is 24.0. The van der Waals surface area contributed by atoms with Gasteiger partial charge < -0.3 is 14.4 Å². The number of rotatable bonds is 4. The van der Waals surface area contributed by atoms with Crippen LogP contribution in [0.2, 0.25) is 0 Å². The summed E-state index contributed by atoms with van der Waals surface area (Å²) in [7, 11) is 0. The molecule has 48 heavy (non-hydrogen) atoms. The van der Waals surface area contributed by atoms with Gasteiger partial charge in [-0.15, -0.1) is 71.3 Å². The second-order valence-corrected chi connectivity index (χ2v) is 12.9. The number of nitrogens with zero attached hydrogens (tertiary/aromatic N) is 2. The van der Waals surface area contributed by atoms with E-state index < -0.39 is 6.85 Å². The number of hydrogen-bond acceptors (Lipinski definition) is 3. The van der Waals surface area contributed by atoms with Gasteiger partial charge in [-0.1, -0.05) is 87.0 Å². The van der Waals surface area contributed by atoms with Crippen LogP contribution in [0.1, 0.15) is 36.0 Å². The zero-order chi connectivity index (χ0) is 34.9. The van der Waals surface area contributed by atoms with Crippen molar-refractivity contribution in [3.05, 3.63) is 157 Å². The number of aryl methyl sites for hydroxylation is 1. The van der Waals surface area contributed by atoms with Crippen molar-refractivity contribution in [1.29, 1.82) is 0 Å². The molecule has 0 aliphatic rings. The fourth-order valence-electron chi connectivity index (χ4n) is 6.06. The maximum Gasteiger partial charge on any atom is 0.136 e. The molecule has 0 fully saturated rings. The number of pyridine rings is 2. The Hall–Kier alpha value is -4.89. The van der Waals surface area contributed by atoms with Gasteiger partial charge >= 0.3 is 0 Å². The summed E-state index contributed by atoms with van der Waals surface area (Å²) in [5.74, 6) is 0. The minimum absolute atomic E-state index is 0. The van der Waals surface area contributed by atoms with Crippen LogP contribution in [-0.4, -0.2) is 9.97 Å². The largest absolute Gasteiger partial charge is 0.456 e.